The fraction of sp³-hybridized carbons (Fsp3) is 1.00. The van der Waals surface area contributed by atoms with E-state index in [1.54, 1.807) is 155 Å². The van der Waals surface area contributed by atoms with Gasteiger partial charge in [0.2, 0.25) is 0 Å². The Balaban J connectivity index is 0.772. The molecular weight excluding hydrogens is 1820 g/mol. The molecule has 0 bridgehead atoms. The largest absolute Gasteiger partial charge is 0.373 e. The first-order chi connectivity index (χ1) is 59.5. The molecular formula is C71H153N18O27P9. The lowest BCUT2D eigenvalue weighted by Crippen LogP contribution is -2.51. The minimum absolute atomic E-state index is 0.00520. The number of likely N-dealkylation sites (N-methyl/N-ethyl adjacent to an activating group) is 1. The van der Waals surface area contributed by atoms with E-state index < -0.39 is 162 Å². The van der Waals surface area contributed by atoms with E-state index in [-0.39, 0.29) is 182 Å². The molecule has 0 saturated carbocycles. The Morgan fingerprint density at radius 1 is 0.248 bits per heavy atom. The highest BCUT2D eigenvalue weighted by Gasteiger charge is 2.52. The minimum atomic E-state index is -4.09. The van der Waals surface area contributed by atoms with Crippen LogP contribution in [0.1, 0.15) is 45.7 Å². The van der Waals surface area contributed by atoms with Gasteiger partial charge in [0.1, 0.15) is 0 Å². The molecule has 54 heteroatoms. The van der Waals surface area contributed by atoms with E-state index in [0.717, 1.165) is 6.54 Å². The van der Waals surface area contributed by atoms with E-state index >= 15 is 27.4 Å². The van der Waals surface area contributed by atoms with Crippen LogP contribution in [0, 0.1) is 0 Å². The van der Waals surface area contributed by atoms with Crippen molar-refractivity contribution in [1.29, 1.82) is 0 Å². The van der Waals surface area contributed by atoms with Gasteiger partial charge in [0.25, 0.3) is 7.52 Å². The van der Waals surface area contributed by atoms with Crippen LogP contribution < -0.4 is 0 Å². The maximum Gasteiger partial charge on any atom is 0.345 e. The van der Waals surface area contributed by atoms with Gasteiger partial charge in [-0.15, -0.1) is 0 Å². The van der Waals surface area contributed by atoms with Crippen LogP contribution in [-0.4, -0.2) is 513 Å². The highest BCUT2D eigenvalue weighted by atomic mass is 31.2. The fourth-order valence-electron chi connectivity index (χ4n) is 16.1. The van der Waals surface area contributed by atoms with Crippen LogP contribution in [0.2, 0.25) is 0 Å². The second kappa shape index (κ2) is 46.9. The minimum Gasteiger partial charge on any atom is -0.373 e. The standard InChI is InChI=1S/C71H153N18O27P9/c1-57-33-81(25)39-66(111-57)52-106-119(92,74(11)12)83-28-32-101-65(42-83)50-105-121(94,76(15)16)86-35-59(3)113-68(44-86)53-107-120(93,75(13)14)84-29-31-99-63(40-84)48-103-118(91,73(9)10)82-27-30-100-64(41-82)49-104-122(95,77(17)18)87-36-60(4)114-69(45-87)54-109-124(97,79(21)22)89-38-62(6)116-71(47-89)56-110-125(98,80(23)24)88-37-61(5)115-70(46-88)55-108-123(96,78(19)20)85-34-58(2)112-67(43-85)51-102-117(26,90)72(7)8/h57-71H,27-56H2,1-26H3/t57-,58-,59-,60-,61-,62-,63-,64-,65-,66-,67-,68-,69-,70-,71-,117?,118?,119?,120?,121?,122?,123?,124?,125?/m0/s1/i30T,31T,32T/t30-,31+,32+,57-,58-,59-,60-,61-,62-,63-,64-,65-,66-,67-,68-,69-,70-,71-,117?,118?,119?,120?,121?,122?,123?,124?,125?. The Morgan fingerprint density at radius 3 is 0.608 bits per heavy atom. The molecule has 9 fully saturated rings. The summed E-state index contributed by atoms with van der Waals surface area (Å²) in [5, 5.41) is 0. The van der Waals surface area contributed by atoms with Crippen molar-refractivity contribution >= 4 is 68.9 Å². The summed E-state index contributed by atoms with van der Waals surface area (Å²) in [7, 11) is -2.93. The van der Waals surface area contributed by atoms with Gasteiger partial charge in [0.05, 0.1) is 175 Å². The van der Waals surface area contributed by atoms with Crippen LogP contribution in [-0.2, 0) is 124 Å². The first kappa shape index (κ1) is 105. The Hall–Kier alpha value is 0.630. The topological polar surface area (TPSA) is 378 Å². The smallest absolute Gasteiger partial charge is 0.345 e. The molecule has 45 nitrogen and oxygen atoms in total. The molecule has 9 aliphatic heterocycles. The van der Waals surface area contributed by atoms with Gasteiger partial charge in [-0.2, -0.15) is 0 Å². The van der Waals surface area contributed by atoms with Gasteiger partial charge in [-0.25, -0.2) is 79.4 Å². The second-order valence-electron chi connectivity index (χ2n) is 35.4. The van der Waals surface area contributed by atoms with Crippen molar-refractivity contribution in [3.05, 3.63) is 0 Å². The summed E-state index contributed by atoms with van der Waals surface area (Å²) in [5.74, 6) is 0. The summed E-state index contributed by atoms with van der Waals surface area (Å²) >= 11 is 0. The number of hydrogen-bond donors (Lipinski definition) is 0. The number of ether oxygens (including phenoxy) is 9. The zero-order chi connectivity index (χ0) is 95.1. The van der Waals surface area contributed by atoms with Crippen LogP contribution >= 0.6 is 68.9 Å². The van der Waals surface area contributed by atoms with Gasteiger partial charge < -0.3 is 88.2 Å². The molecule has 9 unspecified atom stereocenters. The van der Waals surface area contributed by atoms with Crippen LogP contribution in [0.5, 0.6) is 0 Å². The number of rotatable bonds is 44. The molecule has 0 N–H and O–H groups in total. The molecule has 9 heterocycles. The summed E-state index contributed by atoms with van der Waals surface area (Å²) in [6.07, 6.45) is -9.04. The molecule has 9 saturated heterocycles. The zero-order valence-electron chi connectivity index (χ0n) is 81.6. The average Bonchev–Trinajstić information content (AvgIpc) is 0.790. The molecule has 0 amide bonds. The van der Waals surface area contributed by atoms with E-state index in [0.29, 0.717) is 6.54 Å². The highest BCUT2D eigenvalue weighted by Crippen LogP contribution is 2.62. The monoisotopic (exact) mass is 1970 g/mol. The van der Waals surface area contributed by atoms with Gasteiger partial charge in [-0.05, 0) is 175 Å². The van der Waals surface area contributed by atoms with Crippen LogP contribution in [0.3, 0.4) is 0 Å². The van der Waals surface area contributed by atoms with Crippen molar-refractivity contribution in [2.24, 2.45) is 0 Å². The van der Waals surface area contributed by atoms with Gasteiger partial charge in [-0.3, -0.25) is 41.1 Å². The highest BCUT2D eigenvalue weighted by molar-refractivity contribution is 7.56. The van der Waals surface area contributed by atoms with Gasteiger partial charge >= 0.3 is 61.4 Å². The fourth-order valence-corrected chi connectivity index (χ4v) is 33.0. The first-order valence-electron chi connectivity index (χ1n) is 44.4. The summed E-state index contributed by atoms with van der Waals surface area (Å²) in [5.41, 5.74) is 0. The second-order valence-corrected chi connectivity index (χ2v) is 58.9. The molecule has 734 valence electrons. The predicted molar refractivity (Wildman–Crippen MR) is 476 cm³/mol. The quantitative estimate of drug-likeness (QED) is 0.0617. The Bertz CT molecular complexity index is 3940. The zero-order valence-corrected chi connectivity index (χ0v) is 86.6. The number of hydrogen-bond acceptors (Lipinski definition) is 28. The van der Waals surface area contributed by atoms with E-state index in [2.05, 4.69) is 4.90 Å². The Morgan fingerprint density at radius 2 is 0.416 bits per heavy atom. The third-order valence-electron chi connectivity index (χ3n) is 22.6. The van der Waals surface area contributed by atoms with E-state index in [4.69, 9.17) is 87.5 Å². The molecule has 0 spiro atoms. The summed E-state index contributed by atoms with van der Waals surface area (Å²) in [6, 6.07) is 0. The molecule has 0 aromatic heterocycles. The van der Waals surface area contributed by atoms with Crippen molar-refractivity contribution in [2.75, 3.05) is 338 Å². The lowest BCUT2D eigenvalue weighted by Gasteiger charge is -2.45. The van der Waals surface area contributed by atoms with E-state index in [9.17, 15) is 13.7 Å². The molecule has 0 aliphatic carbocycles. The normalized spacial score (nSPS) is 36.1. The Labute approximate surface area is 749 Å². The summed E-state index contributed by atoms with van der Waals surface area (Å²) in [4.78, 5) is 2.13. The van der Waals surface area contributed by atoms with Crippen LogP contribution in [0.25, 0.3) is 0 Å². The van der Waals surface area contributed by atoms with Crippen molar-refractivity contribution < 1.29 is 129 Å². The molecule has 0 aromatic carbocycles. The summed E-state index contributed by atoms with van der Waals surface area (Å²) in [6.45, 7) is 9.62. The predicted octanol–water partition coefficient (Wildman–Crippen LogP) is 6.15. The van der Waals surface area contributed by atoms with Crippen molar-refractivity contribution in [3.63, 3.8) is 0 Å². The van der Waals surface area contributed by atoms with Crippen LogP contribution in [0.4, 0.5) is 0 Å². The van der Waals surface area contributed by atoms with Crippen molar-refractivity contribution in [1.82, 2.24) is 84.3 Å². The number of nitrogens with zero attached hydrogens (tertiary/aromatic N) is 18. The number of morpholine rings is 9. The van der Waals surface area contributed by atoms with Gasteiger partial charge in [0, 0.05) is 124 Å². The van der Waals surface area contributed by atoms with Crippen LogP contribution in [0.15, 0.2) is 0 Å². The molecule has 0 aromatic rings. The molecule has 0 radical (unpaired) electrons. The summed E-state index contributed by atoms with van der Waals surface area (Å²) < 4.78 is 301. The van der Waals surface area contributed by atoms with E-state index in [1.165, 1.54) is 58.0 Å². The van der Waals surface area contributed by atoms with E-state index in [1.807, 2.05) is 48.6 Å². The lowest BCUT2D eigenvalue weighted by atomic mass is 10.2. The molecule has 9 rings (SSSR count). The average molecular weight is 1980 g/mol. The third kappa shape index (κ3) is 28.0. The first-order valence-corrected chi connectivity index (χ1v) is 56.9. The molecule has 27 atom stereocenters. The maximum atomic E-state index is 15.5. The van der Waals surface area contributed by atoms with Crippen molar-refractivity contribution in [3.8, 4) is 0 Å². The third-order valence-corrected chi connectivity index (χ3v) is 45.0. The van der Waals surface area contributed by atoms with Crippen molar-refractivity contribution in [2.45, 2.75) is 133 Å². The molecule has 125 heavy (non-hydrogen) atoms. The van der Waals surface area contributed by atoms with Gasteiger partial charge in [-0.1, -0.05) is 0 Å². The van der Waals surface area contributed by atoms with Gasteiger partial charge in [0.15, 0.2) is 0 Å². The molecule has 9 aliphatic rings. The Kier molecular flexibility index (Phi) is 39.2. The lowest BCUT2D eigenvalue weighted by molar-refractivity contribution is -0.0928. The SMILES string of the molecule is [3H][C@@H]1CN(P(=O)(OC[C@@H]2CN(C)C[C@H](C)O2)N(C)C)C[C@@H](COP(=O)(N(C)C)N2C[C@@H](COP(=O)(N(C)C)N3C[C@@H](COP(=O)(N(C)C)N4C[C@@H](COP(=O)(N(C)C)N5C[C@@H](COP(=O)(N(C)C)N6C[C@@H](COP(=O)(N(C)C)N7C[C@@H](COP(=O)(N(C)C)N8C[C@@H](COP(C)(=O)N(C)C)O[C@@H](C)C8)O[C@@H](C)C7)O[C@@H](C)C6)O[C@@H](C)C5)O[C@@H]([3H])C4)O[C@H]([3H])C3)O[C@@H](C)C2)O1. The maximum absolute atomic E-state index is 15.5.